The van der Waals surface area contributed by atoms with Gasteiger partial charge in [-0.1, -0.05) is 12.2 Å². The van der Waals surface area contributed by atoms with Crippen molar-refractivity contribution in [2.24, 2.45) is 5.73 Å². The van der Waals surface area contributed by atoms with E-state index in [0.717, 1.165) is 17.7 Å². The first-order chi connectivity index (χ1) is 8.99. The van der Waals surface area contributed by atoms with Crippen LogP contribution in [0.4, 0.5) is 8.78 Å². The number of ether oxygens (including phenoxy) is 1. The molecule has 0 spiro atoms. The van der Waals surface area contributed by atoms with Crippen molar-refractivity contribution >= 4 is 17.2 Å². The van der Waals surface area contributed by atoms with Gasteiger partial charge in [-0.2, -0.15) is 0 Å². The van der Waals surface area contributed by atoms with Gasteiger partial charge >= 0.3 is 0 Å². The first-order valence-corrected chi connectivity index (χ1v) is 5.78. The summed E-state index contributed by atoms with van der Waals surface area (Å²) in [7, 11) is 0. The highest BCUT2D eigenvalue weighted by atomic mass is 32.1. The average Bonchev–Trinajstić information content (AvgIpc) is 2.32. The van der Waals surface area contributed by atoms with E-state index in [-0.39, 0.29) is 16.6 Å². The number of hydrogen-bond donors (Lipinski definition) is 1. The predicted molar refractivity (Wildman–Crippen MR) is 71.3 cm³/mol. The molecule has 0 saturated heterocycles. The third-order valence-electron chi connectivity index (χ3n) is 2.47. The molecular formula is C13H10F2N2OS. The van der Waals surface area contributed by atoms with Crippen LogP contribution in [0.3, 0.4) is 0 Å². The number of hydrogen-bond acceptors (Lipinski definition) is 3. The second-order valence-corrected chi connectivity index (χ2v) is 4.29. The molecule has 0 aliphatic rings. The molecule has 1 heterocycles. The van der Waals surface area contributed by atoms with Crippen molar-refractivity contribution in [2.45, 2.75) is 6.92 Å². The summed E-state index contributed by atoms with van der Waals surface area (Å²) in [5.74, 6) is -1.55. The van der Waals surface area contributed by atoms with Crippen molar-refractivity contribution < 1.29 is 13.5 Å². The van der Waals surface area contributed by atoms with Crippen molar-refractivity contribution in [3.63, 3.8) is 0 Å². The van der Waals surface area contributed by atoms with Gasteiger partial charge in [0.05, 0.1) is 5.56 Å². The Labute approximate surface area is 114 Å². The van der Waals surface area contributed by atoms with E-state index in [4.69, 9.17) is 22.7 Å². The van der Waals surface area contributed by atoms with Gasteiger partial charge in [0.25, 0.3) is 0 Å². The lowest BCUT2D eigenvalue weighted by Crippen LogP contribution is -2.13. The number of thiocarbonyl (C=S) groups is 1. The second-order valence-electron chi connectivity index (χ2n) is 3.85. The zero-order valence-corrected chi connectivity index (χ0v) is 10.8. The molecule has 0 aliphatic carbocycles. The molecule has 1 aromatic carbocycles. The van der Waals surface area contributed by atoms with E-state index in [2.05, 4.69) is 4.98 Å². The third kappa shape index (κ3) is 2.85. The van der Waals surface area contributed by atoms with E-state index in [1.807, 2.05) is 0 Å². The molecule has 0 aliphatic heterocycles. The molecule has 3 nitrogen and oxygen atoms in total. The molecule has 19 heavy (non-hydrogen) atoms. The van der Waals surface area contributed by atoms with Crippen LogP contribution < -0.4 is 10.5 Å². The van der Waals surface area contributed by atoms with Crippen LogP contribution in [-0.4, -0.2) is 9.97 Å². The summed E-state index contributed by atoms with van der Waals surface area (Å²) in [5.41, 5.74) is 6.78. The maximum atomic E-state index is 13.5. The highest BCUT2D eigenvalue weighted by molar-refractivity contribution is 7.80. The monoisotopic (exact) mass is 280 g/mol. The van der Waals surface area contributed by atoms with Gasteiger partial charge in [0.1, 0.15) is 10.8 Å². The summed E-state index contributed by atoms with van der Waals surface area (Å²) in [6.45, 7) is 1.78. The number of rotatable bonds is 3. The fraction of sp³-hybridized carbons (Fsp3) is 0.0769. The number of pyridine rings is 1. The minimum atomic E-state index is -0.822. The SMILES string of the molecule is Cc1ccnc(Oc2ccc(F)cc2F)c1C(N)=S. The largest absolute Gasteiger partial charge is 0.435 e. The van der Waals surface area contributed by atoms with Gasteiger partial charge in [0, 0.05) is 12.3 Å². The lowest BCUT2D eigenvalue weighted by atomic mass is 10.1. The quantitative estimate of drug-likeness (QED) is 0.878. The van der Waals surface area contributed by atoms with Crippen LogP contribution in [0.25, 0.3) is 0 Å². The van der Waals surface area contributed by atoms with E-state index in [0.29, 0.717) is 5.56 Å². The van der Waals surface area contributed by atoms with Gasteiger partial charge in [-0.25, -0.2) is 13.8 Å². The average molecular weight is 280 g/mol. The first kappa shape index (κ1) is 13.4. The highest BCUT2D eigenvalue weighted by Crippen LogP contribution is 2.27. The van der Waals surface area contributed by atoms with Crippen LogP contribution in [0, 0.1) is 18.6 Å². The van der Waals surface area contributed by atoms with Gasteiger partial charge in [-0.3, -0.25) is 0 Å². The number of aromatic nitrogens is 1. The van der Waals surface area contributed by atoms with Crippen molar-refractivity contribution in [3.05, 3.63) is 53.2 Å². The molecule has 0 bridgehead atoms. The summed E-state index contributed by atoms with van der Waals surface area (Å²) >= 11 is 4.91. The van der Waals surface area contributed by atoms with Crippen LogP contribution in [0.15, 0.2) is 30.5 Å². The molecule has 6 heteroatoms. The van der Waals surface area contributed by atoms with Crippen LogP contribution in [-0.2, 0) is 0 Å². The fourth-order valence-electron chi connectivity index (χ4n) is 1.57. The molecule has 0 fully saturated rings. The predicted octanol–water partition coefficient (Wildman–Crippen LogP) is 3.09. The molecule has 98 valence electrons. The molecule has 2 rings (SSSR count). The number of aryl methyl sites for hydroxylation is 1. The number of benzene rings is 1. The number of nitrogens with zero attached hydrogens (tertiary/aromatic N) is 1. The molecule has 0 radical (unpaired) electrons. The smallest absolute Gasteiger partial charge is 0.229 e. The Morgan fingerprint density at radius 1 is 1.32 bits per heavy atom. The van der Waals surface area contributed by atoms with E-state index in [9.17, 15) is 8.78 Å². The van der Waals surface area contributed by atoms with Crippen molar-refractivity contribution in [1.82, 2.24) is 4.98 Å². The molecule has 0 atom stereocenters. The van der Waals surface area contributed by atoms with E-state index in [1.54, 1.807) is 13.0 Å². The maximum absolute atomic E-state index is 13.5. The summed E-state index contributed by atoms with van der Waals surface area (Å²) in [4.78, 5) is 4.07. The minimum Gasteiger partial charge on any atom is -0.435 e. The Bertz CT molecular complexity index is 647. The van der Waals surface area contributed by atoms with Gasteiger partial charge in [0.15, 0.2) is 11.6 Å². The van der Waals surface area contributed by atoms with Crippen LogP contribution in [0.1, 0.15) is 11.1 Å². The zero-order chi connectivity index (χ0) is 14.0. The van der Waals surface area contributed by atoms with Gasteiger partial charge in [-0.05, 0) is 30.7 Å². The minimum absolute atomic E-state index is 0.0954. The summed E-state index contributed by atoms with van der Waals surface area (Å²) in [6, 6.07) is 4.71. The highest BCUT2D eigenvalue weighted by Gasteiger charge is 2.14. The lowest BCUT2D eigenvalue weighted by Gasteiger charge is -2.11. The summed E-state index contributed by atoms with van der Waals surface area (Å²) in [6.07, 6.45) is 1.49. The fourth-order valence-corrected chi connectivity index (χ4v) is 1.82. The van der Waals surface area contributed by atoms with E-state index >= 15 is 0 Å². The van der Waals surface area contributed by atoms with Crippen LogP contribution >= 0.6 is 12.2 Å². The van der Waals surface area contributed by atoms with Crippen molar-refractivity contribution in [3.8, 4) is 11.6 Å². The second kappa shape index (κ2) is 5.27. The Morgan fingerprint density at radius 2 is 2.05 bits per heavy atom. The first-order valence-electron chi connectivity index (χ1n) is 5.37. The Hall–Kier alpha value is -2.08. The van der Waals surface area contributed by atoms with E-state index < -0.39 is 11.6 Å². The standard InChI is InChI=1S/C13H10F2N2OS/c1-7-4-5-17-13(11(7)12(16)19)18-10-3-2-8(14)6-9(10)15/h2-6H,1H3,(H2,16,19). The van der Waals surface area contributed by atoms with Crippen molar-refractivity contribution in [1.29, 1.82) is 0 Å². The molecule has 0 unspecified atom stereocenters. The Balaban J connectivity index is 2.44. The zero-order valence-electron chi connectivity index (χ0n) is 9.98. The molecule has 2 N–H and O–H groups in total. The number of nitrogens with two attached hydrogens (primary N) is 1. The summed E-state index contributed by atoms with van der Waals surface area (Å²) in [5, 5.41) is 0. The van der Waals surface area contributed by atoms with Crippen LogP contribution in [0.5, 0.6) is 11.6 Å². The van der Waals surface area contributed by atoms with Crippen LogP contribution in [0.2, 0.25) is 0 Å². The topological polar surface area (TPSA) is 48.1 Å². The normalized spacial score (nSPS) is 10.3. The molecule has 0 amide bonds. The van der Waals surface area contributed by atoms with Gasteiger partial charge in [-0.15, -0.1) is 0 Å². The molecule has 1 aromatic heterocycles. The maximum Gasteiger partial charge on any atom is 0.229 e. The lowest BCUT2D eigenvalue weighted by molar-refractivity contribution is 0.422. The van der Waals surface area contributed by atoms with Gasteiger partial charge in [0.2, 0.25) is 5.88 Å². The summed E-state index contributed by atoms with van der Waals surface area (Å²) < 4.78 is 31.6. The number of halogens is 2. The Morgan fingerprint density at radius 3 is 2.68 bits per heavy atom. The van der Waals surface area contributed by atoms with Gasteiger partial charge < -0.3 is 10.5 Å². The van der Waals surface area contributed by atoms with E-state index in [1.165, 1.54) is 12.3 Å². The third-order valence-corrected chi connectivity index (χ3v) is 2.68. The van der Waals surface area contributed by atoms with Crippen molar-refractivity contribution in [2.75, 3.05) is 0 Å². The molecule has 2 aromatic rings. The Kier molecular flexibility index (Phi) is 3.71. The molecule has 0 saturated carbocycles. The molecular weight excluding hydrogens is 270 g/mol.